The highest BCUT2D eigenvalue weighted by Gasteiger charge is 2.05. The van der Waals surface area contributed by atoms with Gasteiger partial charge in [-0.15, -0.1) is 0 Å². The van der Waals surface area contributed by atoms with Gasteiger partial charge < -0.3 is 10.2 Å². The SMILES string of the molecule is CCCC[C@@H](O)C[C@H](C)O. The van der Waals surface area contributed by atoms with Crippen LogP contribution in [-0.2, 0) is 0 Å². The summed E-state index contributed by atoms with van der Waals surface area (Å²) in [6.07, 6.45) is 2.82. The molecule has 0 rings (SSSR count). The van der Waals surface area contributed by atoms with Crippen LogP contribution in [0.5, 0.6) is 0 Å². The molecule has 0 aliphatic rings. The molecule has 0 aromatic carbocycles. The average molecular weight is 146 g/mol. The van der Waals surface area contributed by atoms with Gasteiger partial charge in [0.2, 0.25) is 0 Å². The van der Waals surface area contributed by atoms with E-state index in [2.05, 4.69) is 6.92 Å². The number of rotatable bonds is 5. The van der Waals surface area contributed by atoms with Gasteiger partial charge >= 0.3 is 0 Å². The van der Waals surface area contributed by atoms with Crippen molar-refractivity contribution < 1.29 is 10.2 Å². The Morgan fingerprint density at radius 1 is 1.30 bits per heavy atom. The molecular formula is C8H18O2. The Kier molecular flexibility index (Phi) is 5.64. The number of aliphatic hydroxyl groups is 2. The zero-order valence-electron chi connectivity index (χ0n) is 6.88. The van der Waals surface area contributed by atoms with E-state index in [-0.39, 0.29) is 12.2 Å². The molecule has 0 bridgehead atoms. The van der Waals surface area contributed by atoms with Crippen LogP contribution in [0, 0.1) is 0 Å². The van der Waals surface area contributed by atoms with Crippen LogP contribution in [0.25, 0.3) is 0 Å². The fraction of sp³-hybridized carbons (Fsp3) is 1.00. The number of aliphatic hydroxyl groups excluding tert-OH is 2. The summed E-state index contributed by atoms with van der Waals surface area (Å²) in [5.74, 6) is 0. The molecule has 0 heterocycles. The van der Waals surface area contributed by atoms with Gasteiger partial charge in [-0.3, -0.25) is 0 Å². The summed E-state index contributed by atoms with van der Waals surface area (Å²) in [4.78, 5) is 0. The van der Waals surface area contributed by atoms with Crippen LogP contribution in [0.4, 0.5) is 0 Å². The first kappa shape index (κ1) is 9.92. The lowest BCUT2D eigenvalue weighted by atomic mass is 10.1. The van der Waals surface area contributed by atoms with Crippen LogP contribution in [0.3, 0.4) is 0 Å². The van der Waals surface area contributed by atoms with Gasteiger partial charge in [-0.25, -0.2) is 0 Å². The lowest BCUT2D eigenvalue weighted by Crippen LogP contribution is -2.14. The van der Waals surface area contributed by atoms with E-state index in [0.29, 0.717) is 6.42 Å². The smallest absolute Gasteiger partial charge is 0.0564 e. The molecule has 2 heteroatoms. The third-order valence-electron chi connectivity index (χ3n) is 1.50. The maximum absolute atomic E-state index is 9.19. The predicted octanol–water partition coefficient (Wildman–Crippen LogP) is 1.31. The van der Waals surface area contributed by atoms with Crippen LogP contribution >= 0.6 is 0 Å². The second kappa shape index (κ2) is 5.69. The van der Waals surface area contributed by atoms with E-state index < -0.39 is 0 Å². The first-order valence-corrected chi connectivity index (χ1v) is 4.03. The zero-order chi connectivity index (χ0) is 7.98. The minimum Gasteiger partial charge on any atom is -0.393 e. The van der Waals surface area contributed by atoms with Crippen molar-refractivity contribution in [2.75, 3.05) is 0 Å². The molecule has 2 N–H and O–H groups in total. The molecule has 0 amide bonds. The average Bonchev–Trinajstić information content (AvgIpc) is 1.82. The zero-order valence-corrected chi connectivity index (χ0v) is 6.88. The maximum Gasteiger partial charge on any atom is 0.0564 e. The van der Waals surface area contributed by atoms with E-state index in [4.69, 9.17) is 5.11 Å². The van der Waals surface area contributed by atoms with E-state index in [0.717, 1.165) is 19.3 Å². The van der Waals surface area contributed by atoms with E-state index in [9.17, 15) is 5.11 Å². The number of unbranched alkanes of at least 4 members (excludes halogenated alkanes) is 1. The second-order valence-electron chi connectivity index (χ2n) is 2.88. The first-order valence-electron chi connectivity index (χ1n) is 4.03. The molecule has 0 aromatic rings. The van der Waals surface area contributed by atoms with Crippen molar-refractivity contribution >= 4 is 0 Å². The molecule has 2 atom stereocenters. The molecule has 0 aromatic heterocycles. The molecule has 62 valence electrons. The van der Waals surface area contributed by atoms with E-state index in [1.165, 1.54) is 0 Å². The number of hydrogen-bond donors (Lipinski definition) is 2. The highest BCUT2D eigenvalue weighted by Crippen LogP contribution is 2.05. The van der Waals surface area contributed by atoms with Crippen molar-refractivity contribution in [3.8, 4) is 0 Å². The monoisotopic (exact) mass is 146 g/mol. The number of hydrogen-bond acceptors (Lipinski definition) is 2. The van der Waals surface area contributed by atoms with Gasteiger partial charge in [-0.2, -0.15) is 0 Å². The lowest BCUT2D eigenvalue weighted by Gasteiger charge is -2.10. The van der Waals surface area contributed by atoms with Crippen LogP contribution < -0.4 is 0 Å². The van der Waals surface area contributed by atoms with Gasteiger partial charge in [0.25, 0.3) is 0 Å². The van der Waals surface area contributed by atoms with E-state index in [1.54, 1.807) is 6.92 Å². The van der Waals surface area contributed by atoms with Crippen molar-refractivity contribution in [2.45, 2.75) is 51.7 Å². The predicted molar refractivity (Wildman–Crippen MR) is 41.8 cm³/mol. The molecule has 0 saturated carbocycles. The molecule has 0 aliphatic carbocycles. The third-order valence-corrected chi connectivity index (χ3v) is 1.50. The summed E-state index contributed by atoms with van der Waals surface area (Å²) in [6.45, 7) is 3.80. The van der Waals surface area contributed by atoms with E-state index >= 15 is 0 Å². The fourth-order valence-corrected chi connectivity index (χ4v) is 0.951. The Morgan fingerprint density at radius 2 is 1.90 bits per heavy atom. The van der Waals surface area contributed by atoms with Crippen LogP contribution in [0.15, 0.2) is 0 Å². The molecule has 0 spiro atoms. The molecule has 2 nitrogen and oxygen atoms in total. The molecule has 0 saturated heterocycles. The fourth-order valence-electron chi connectivity index (χ4n) is 0.951. The van der Waals surface area contributed by atoms with Gasteiger partial charge in [0.15, 0.2) is 0 Å². The normalized spacial score (nSPS) is 16.8. The molecule has 10 heavy (non-hydrogen) atoms. The topological polar surface area (TPSA) is 40.5 Å². The van der Waals surface area contributed by atoms with Crippen LogP contribution in [-0.4, -0.2) is 22.4 Å². The summed E-state index contributed by atoms with van der Waals surface area (Å²) in [5, 5.41) is 18.1. The highest BCUT2D eigenvalue weighted by atomic mass is 16.3. The Morgan fingerprint density at radius 3 is 2.30 bits per heavy atom. The largest absolute Gasteiger partial charge is 0.393 e. The highest BCUT2D eigenvalue weighted by molar-refractivity contribution is 4.58. The molecule has 0 fully saturated rings. The van der Waals surface area contributed by atoms with Crippen LogP contribution in [0.2, 0.25) is 0 Å². The van der Waals surface area contributed by atoms with Gasteiger partial charge in [0.1, 0.15) is 0 Å². The van der Waals surface area contributed by atoms with Gasteiger partial charge in [0.05, 0.1) is 12.2 Å². The van der Waals surface area contributed by atoms with Crippen molar-refractivity contribution in [1.82, 2.24) is 0 Å². The van der Waals surface area contributed by atoms with Gasteiger partial charge in [-0.1, -0.05) is 19.8 Å². The van der Waals surface area contributed by atoms with Gasteiger partial charge in [-0.05, 0) is 19.8 Å². The third kappa shape index (κ3) is 6.05. The minimum absolute atomic E-state index is 0.306. The summed E-state index contributed by atoms with van der Waals surface area (Å²) < 4.78 is 0. The summed E-state index contributed by atoms with van der Waals surface area (Å²) in [6, 6.07) is 0. The summed E-state index contributed by atoms with van der Waals surface area (Å²) >= 11 is 0. The maximum atomic E-state index is 9.19. The Hall–Kier alpha value is -0.0800. The van der Waals surface area contributed by atoms with Crippen molar-refractivity contribution in [3.05, 3.63) is 0 Å². The Balaban J connectivity index is 3.16. The second-order valence-corrected chi connectivity index (χ2v) is 2.88. The Bertz CT molecular complexity index is 71.7. The molecule has 0 aliphatic heterocycles. The standard InChI is InChI=1S/C8H18O2/c1-3-4-5-8(10)6-7(2)9/h7-10H,3-6H2,1-2H3/t7-,8+/m0/s1. The van der Waals surface area contributed by atoms with Crippen molar-refractivity contribution in [2.24, 2.45) is 0 Å². The van der Waals surface area contributed by atoms with Gasteiger partial charge in [0, 0.05) is 0 Å². The molecular weight excluding hydrogens is 128 g/mol. The molecule has 0 unspecified atom stereocenters. The van der Waals surface area contributed by atoms with E-state index in [1.807, 2.05) is 0 Å². The van der Waals surface area contributed by atoms with Crippen LogP contribution in [0.1, 0.15) is 39.5 Å². The molecule has 0 radical (unpaired) electrons. The van der Waals surface area contributed by atoms with Crippen molar-refractivity contribution in [3.63, 3.8) is 0 Å². The lowest BCUT2D eigenvalue weighted by molar-refractivity contribution is 0.0838. The minimum atomic E-state index is -0.369. The summed E-state index contributed by atoms with van der Waals surface area (Å²) in [7, 11) is 0. The Labute approximate surface area is 62.9 Å². The summed E-state index contributed by atoms with van der Waals surface area (Å²) in [5.41, 5.74) is 0. The van der Waals surface area contributed by atoms with Crippen molar-refractivity contribution in [1.29, 1.82) is 0 Å². The first-order chi connectivity index (χ1) is 4.66. The quantitative estimate of drug-likeness (QED) is 0.614.